The van der Waals surface area contributed by atoms with Gasteiger partial charge in [-0.3, -0.25) is 4.79 Å². The van der Waals surface area contributed by atoms with Crippen LogP contribution in [0.1, 0.15) is 40.0 Å². The number of halogens is 1. The summed E-state index contributed by atoms with van der Waals surface area (Å²) >= 11 is 6.44. The van der Waals surface area contributed by atoms with E-state index in [1.807, 2.05) is 84.6 Å². The second-order valence-corrected chi connectivity index (χ2v) is 9.74. The smallest absolute Gasteiger partial charge is 0.256 e. The third-order valence-corrected chi connectivity index (χ3v) is 7.46. The van der Waals surface area contributed by atoms with Crippen molar-refractivity contribution in [2.75, 3.05) is 13.1 Å². The minimum Gasteiger partial charge on any atom is -0.389 e. The van der Waals surface area contributed by atoms with E-state index in [1.165, 1.54) is 0 Å². The normalized spacial score (nSPS) is 15.6. The SMILES string of the molecule is Cc1c(C(=O)N2CCC(O)(Cc3ccccc3)CC2)c2ccccc2n1Cc1ccccc1Cl. The van der Waals surface area contributed by atoms with Gasteiger partial charge >= 0.3 is 0 Å². The summed E-state index contributed by atoms with van der Waals surface area (Å²) in [7, 11) is 0. The average molecular weight is 473 g/mol. The average Bonchev–Trinajstić information content (AvgIpc) is 3.12. The lowest BCUT2D eigenvalue weighted by molar-refractivity contribution is -0.0162. The van der Waals surface area contributed by atoms with Crippen molar-refractivity contribution in [1.82, 2.24) is 9.47 Å². The number of aliphatic hydroxyl groups is 1. The highest BCUT2D eigenvalue weighted by atomic mass is 35.5. The number of fused-ring (bicyclic) bond motifs is 1. The molecule has 1 aliphatic heterocycles. The molecule has 0 bridgehead atoms. The number of nitrogens with zero attached hydrogens (tertiary/aromatic N) is 2. The molecule has 0 aliphatic carbocycles. The summed E-state index contributed by atoms with van der Waals surface area (Å²) in [6, 6.07) is 26.0. The third-order valence-electron chi connectivity index (χ3n) is 7.09. The number of carbonyl (C=O) groups excluding carboxylic acids is 1. The van der Waals surface area contributed by atoms with Crippen molar-refractivity contribution in [1.29, 1.82) is 0 Å². The molecular weight excluding hydrogens is 444 g/mol. The topological polar surface area (TPSA) is 45.5 Å². The second-order valence-electron chi connectivity index (χ2n) is 9.33. The van der Waals surface area contributed by atoms with Crippen LogP contribution in [-0.2, 0) is 13.0 Å². The van der Waals surface area contributed by atoms with E-state index >= 15 is 0 Å². The molecule has 3 aromatic carbocycles. The van der Waals surface area contributed by atoms with Crippen LogP contribution in [0.5, 0.6) is 0 Å². The Hall–Kier alpha value is -3.08. The molecule has 1 fully saturated rings. The quantitative estimate of drug-likeness (QED) is 0.395. The van der Waals surface area contributed by atoms with Gasteiger partial charge < -0.3 is 14.6 Å². The van der Waals surface area contributed by atoms with E-state index in [2.05, 4.69) is 10.6 Å². The van der Waals surface area contributed by atoms with E-state index in [9.17, 15) is 9.90 Å². The van der Waals surface area contributed by atoms with E-state index < -0.39 is 5.60 Å². The second kappa shape index (κ2) is 9.28. The molecule has 1 amide bonds. The fraction of sp³-hybridized carbons (Fsp3) is 0.276. The van der Waals surface area contributed by atoms with Gasteiger partial charge in [-0.05, 0) is 43.0 Å². The van der Waals surface area contributed by atoms with Crippen LogP contribution in [-0.4, -0.2) is 39.2 Å². The Bertz CT molecular complexity index is 1320. The van der Waals surface area contributed by atoms with Crippen molar-refractivity contribution in [2.24, 2.45) is 0 Å². The molecule has 5 rings (SSSR count). The van der Waals surface area contributed by atoms with Crippen molar-refractivity contribution in [3.05, 3.63) is 106 Å². The third kappa shape index (κ3) is 4.36. The van der Waals surface area contributed by atoms with Crippen LogP contribution < -0.4 is 0 Å². The first-order chi connectivity index (χ1) is 16.5. The molecule has 0 saturated carbocycles. The Morgan fingerprint density at radius 1 is 0.941 bits per heavy atom. The summed E-state index contributed by atoms with van der Waals surface area (Å²) in [4.78, 5) is 15.6. The van der Waals surface area contributed by atoms with Crippen LogP contribution in [0.4, 0.5) is 0 Å². The maximum absolute atomic E-state index is 13.7. The Labute approximate surface area is 205 Å². The Morgan fingerprint density at radius 3 is 2.32 bits per heavy atom. The highest BCUT2D eigenvalue weighted by Gasteiger charge is 2.35. The van der Waals surface area contributed by atoms with Crippen molar-refractivity contribution < 1.29 is 9.90 Å². The summed E-state index contributed by atoms with van der Waals surface area (Å²) in [5.74, 6) is 0.0355. The van der Waals surface area contributed by atoms with Gasteiger partial charge in [-0.25, -0.2) is 0 Å². The number of amides is 1. The fourth-order valence-electron chi connectivity index (χ4n) is 5.14. The molecule has 1 aromatic heterocycles. The fourth-order valence-corrected chi connectivity index (χ4v) is 5.33. The number of likely N-dealkylation sites (tertiary alicyclic amines) is 1. The first kappa shape index (κ1) is 22.7. The molecule has 5 heteroatoms. The summed E-state index contributed by atoms with van der Waals surface area (Å²) < 4.78 is 2.18. The zero-order chi connectivity index (χ0) is 23.7. The van der Waals surface area contributed by atoms with Gasteiger partial charge in [0.2, 0.25) is 0 Å². The Kier molecular flexibility index (Phi) is 6.20. The molecule has 0 atom stereocenters. The molecule has 2 heterocycles. The lowest BCUT2D eigenvalue weighted by atomic mass is 9.85. The van der Waals surface area contributed by atoms with E-state index in [0.29, 0.717) is 38.9 Å². The van der Waals surface area contributed by atoms with Crippen LogP contribution in [0.3, 0.4) is 0 Å². The summed E-state index contributed by atoms with van der Waals surface area (Å²) in [5.41, 5.74) is 4.10. The van der Waals surface area contributed by atoms with Gasteiger partial charge in [0.05, 0.1) is 11.2 Å². The molecule has 4 aromatic rings. The van der Waals surface area contributed by atoms with Gasteiger partial charge in [-0.15, -0.1) is 0 Å². The van der Waals surface area contributed by atoms with Crippen molar-refractivity contribution in [3.8, 4) is 0 Å². The van der Waals surface area contributed by atoms with Crippen LogP contribution in [0.15, 0.2) is 78.9 Å². The number of aromatic nitrogens is 1. The standard InChI is InChI=1S/C29H29ClN2O2/c1-21-27(24-12-6-8-14-26(24)32(21)20-23-11-5-7-13-25(23)30)28(33)31-17-15-29(34,16-18-31)19-22-9-3-2-4-10-22/h2-14,34H,15-20H2,1H3. The first-order valence-electron chi connectivity index (χ1n) is 11.8. The van der Waals surface area contributed by atoms with Gasteiger partial charge in [-0.2, -0.15) is 0 Å². The summed E-state index contributed by atoms with van der Waals surface area (Å²) in [5, 5.41) is 12.8. The lowest BCUT2D eigenvalue weighted by Gasteiger charge is -2.38. The lowest BCUT2D eigenvalue weighted by Crippen LogP contribution is -2.47. The largest absolute Gasteiger partial charge is 0.389 e. The molecule has 0 unspecified atom stereocenters. The predicted octanol–water partition coefficient (Wildman–Crippen LogP) is 5.86. The van der Waals surface area contributed by atoms with Gasteiger partial charge in [-0.1, -0.05) is 78.3 Å². The maximum Gasteiger partial charge on any atom is 0.256 e. The summed E-state index contributed by atoms with van der Waals surface area (Å²) in [6.07, 6.45) is 1.77. The number of hydrogen-bond donors (Lipinski definition) is 1. The molecule has 1 aliphatic rings. The zero-order valence-corrected chi connectivity index (χ0v) is 20.1. The number of piperidine rings is 1. The Balaban J connectivity index is 1.40. The molecule has 0 radical (unpaired) electrons. The molecule has 174 valence electrons. The molecule has 4 nitrogen and oxygen atoms in total. The van der Waals surface area contributed by atoms with Crippen LogP contribution in [0.2, 0.25) is 5.02 Å². The van der Waals surface area contributed by atoms with Crippen LogP contribution >= 0.6 is 11.6 Å². The molecule has 34 heavy (non-hydrogen) atoms. The van der Waals surface area contributed by atoms with Gasteiger partial charge in [0.25, 0.3) is 5.91 Å². The van der Waals surface area contributed by atoms with E-state index in [0.717, 1.165) is 38.3 Å². The summed E-state index contributed by atoms with van der Waals surface area (Å²) in [6.45, 7) is 3.72. The molecule has 1 saturated heterocycles. The Morgan fingerprint density at radius 2 is 1.59 bits per heavy atom. The van der Waals surface area contributed by atoms with Gasteiger partial charge in [0, 0.05) is 47.7 Å². The van der Waals surface area contributed by atoms with Crippen LogP contribution in [0.25, 0.3) is 10.9 Å². The highest BCUT2D eigenvalue weighted by molar-refractivity contribution is 6.31. The highest BCUT2D eigenvalue weighted by Crippen LogP contribution is 2.32. The number of benzene rings is 3. The first-order valence-corrected chi connectivity index (χ1v) is 12.2. The number of hydrogen-bond acceptors (Lipinski definition) is 2. The van der Waals surface area contributed by atoms with Gasteiger partial charge in [0.15, 0.2) is 0 Å². The zero-order valence-electron chi connectivity index (χ0n) is 19.4. The van der Waals surface area contributed by atoms with Crippen molar-refractivity contribution in [2.45, 2.75) is 38.3 Å². The molecular formula is C29H29ClN2O2. The number of carbonyl (C=O) groups is 1. The van der Waals surface area contributed by atoms with Crippen molar-refractivity contribution >= 4 is 28.4 Å². The van der Waals surface area contributed by atoms with E-state index in [4.69, 9.17) is 11.6 Å². The number of para-hydroxylation sites is 1. The minimum atomic E-state index is -0.773. The number of rotatable bonds is 5. The molecule has 0 spiro atoms. The monoisotopic (exact) mass is 472 g/mol. The van der Waals surface area contributed by atoms with Gasteiger partial charge in [0.1, 0.15) is 0 Å². The minimum absolute atomic E-state index is 0.0355. The van der Waals surface area contributed by atoms with Crippen molar-refractivity contribution in [3.63, 3.8) is 0 Å². The van der Waals surface area contributed by atoms with E-state index in [-0.39, 0.29) is 5.91 Å². The molecule has 1 N–H and O–H groups in total. The van der Waals surface area contributed by atoms with Crippen LogP contribution in [0, 0.1) is 6.92 Å². The predicted molar refractivity (Wildman–Crippen MR) is 137 cm³/mol. The maximum atomic E-state index is 13.7. The van der Waals surface area contributed by atoms with E-state index in [1.54, 1.807) is 0 Å².